The minimum Gasteiger partial charge on any atom is -0.392 e. The molecule has 1 aliphatic rings. The van der Waals surface area contributed by atoms with Crippen LogP contribution in [0.25, 0.3) is 0 Å². The number of likely N-dealkylation sites (tertiary alicyclic amines) is 1. The zero-order valence-corrected chi connectivity index (χ0v) is 12.2. The third kappa shape index (κ3) is 3.75. The van der Waals surface area contributed by atoms with E-state index in [1.165, 1.54) is 0 Å². The van der Waals surface area contributed by atoms with Crippen molar-refractivity contribution in [2.45, 2.75) is 44.9 Å². The van der Waals surface area contributed by atoms with Crippen LogP contribution in [0.4, 0.5) is 0 Å². The van der Waals surface area contributed by atoms with Crippen molar-refractivity contribution in [1.29, 1.82) is 0 Å². The molecule has 6 nitrogen and oxygen atoms in total. The summed E-state index contributed by atoms with van der Waals surface area (Å²) in [5.74, 6) is 1.64. The molecule has 0 spiro atoms. The predicted octanol–water partition coefficient (Wildman–Crippen LogP) is 0.690. The molecule has 2 atom stereocenters. The summed E-state index contributed by atoms with van der Waals surface area (Å²) < 4.78 is 5.22. The van der Waals surface area contributed by atoms with Gasteiger partial charge in [-0.25, -0.2) is 0 Å². The molecular formula is C13H24N4O2. The first kappa shape index (κ1) is 14.4. The number of hydrogen-bond donors (Lipinski definition) is 1. The van der Waals surface area contributed by atoms with Gasteiger partial charge in [0.25, 0.3) is 0 Å². The predicted molar refractivity (Wildman–Crippen MR) is 71.8 cm³/mol. The second-order valence-corrected chi connectivity index (χ2v) is 5.94. The third-order valence-electron chi connectivity index (χ3n) is 3.40. The molecule has 1 fully saturated rings. The van der Waals surface area contributed by atoms with Gasteiger partial charge in [-0.3, -0.25) is 4.90 Å². The van der Waals surface area contributed by atoms with Gasteiger partial charge in [-0.05, 0) is 20.5 Å². The fourth-order valence-electron chi connectivity index (χ4n) is 2.51. The minimum absolute atomic E-state index is 0.249. The number of β-amino-alcohol motifs (C(OH)–C–C–N with tert-alkyl or cyclic N) is 1. The van der Waals surface area contributed by atoms with Crippen LogP contribution in [0.1, 0.15) is 37.9 Å². The first-order valence-corrected chi connectivity index (χ1v) is 6.85. The lowest BCUT2D eigenvalue weighted by molar-refractivity contribution is 0.166. The Hall–Kier alpha value is -0.980. The Morgan fingerprint density at radius 3 is 2.79 bits per heavy atom. The molecular weight excluding hydrogens is 244 g/mol. The number of aromatic nitrogens is 2. The molecule has 6 heteroatoms. The standard InChI is InChI=1S/C13H24N4O2/c1-9(2)13-14-12(15-19-13)8-17-7-11(18)5-10(17)6-16(3)4/h9-11,18H,5-8H2,1-4H3. The Morgan fingerprint density at radius 2 is 2.21 bits per heavy atom. The molecule has 108 valence electrons. The summed E-state index contributed by atoms with van der Waals surface area (Å²) in [5, 5.41) is 13.8. The maximum absolute atomic E-state index is 9.83. The summed E-state index contributed by atoms with van der Waals surface area (Å²) in [5.41, 5.74) is 0. The maximum Gasteiger partial charge on any atom is 0.229 e. The average molecular weight is 268 g/mol. The van der Waals surface area contributed by atoms with Gasteiger partial charge < -0.3 is 14.5 Å². The van der Waals surface area contributed by atoms with Gasteiger partial charge in [0.2, 0.25) is 5.89 Å². The van der Waals surface area contributed by atoms with Gasteiger partial charge in [0.05, 0.1) is 12.6 Å². The lowest BCUT2D eigenvalue weighted by Crippen LogP contribution is -2.37. The first-order chi connectivity index (χ1) is 8.95. The zero-order valence-electron chi connectivity index (χ0n) is 12.2. The van der Waals surface area contributed by atoms with E-state index in [1.54, 1.807) is 0 Å². The number of rotatable bonds is 5. The van der Waals surface area contributed by atoms with Crippen molar-refractivity contribution in [2.24, 2.45) is 0 Å². The molecule has 0 amide bonds. The summed E-state index contributed by atoms with van der Waals surface area (Å²) in [4.78, 5) is 8.78. The highest BCUT2D eigenvalue weighted by atomic mass is 16.5. The van der Waals surface area contributed by atoms with Crippen LogP contribution in [-0.2, 0) is 6.54 Å². The molecule has 19 heavy (non-hydrogen) atoms. The second-order valence-electron chi connectivity index (χ2n) is 5.94. The van der Waals surface area contributed by atoms with E-state index in [2.05, 4.69) is 19.9 Å². The van der Waals surface area contributed by atoms with Crippen LogP contribution < -0.4 is 0 Å². The molecule has 1 aromatic heterocycles. The smallest absolute Gasteiger partial charge is 0.229 e. The van der Waals surface area contributed by atoms with Crippen LogP contribution >= 0.6 is 0 Å². The molecule has 2 rings (SSSR count). The number of hydrogen-bond acceptors (Lipinski definition) is 6. The number of likely N-dealkylation sites (N-methyl/N-ethyl adjacent to an activating group) is 1. The highest BCUT2D eigenvalue weighted by Gasteiger charge is 2.32. The van der Waals surface area contributed by atoms with E-state index < -0.39 is 0 Å². The Bertz CT molecular complexity index is 405. The summed E-state index contributed by atoms with van der Waals surface area (Å²) in [7, 11) is 4.10. The molecule has 1 N–H and O–H groups in total. The topological polar surface area (TPSA) is 65.6 Å². The quantitative estimate of drug-likeness (QED) is 0.847. The fraction of sp³-hybridized carbons (Fsp3) is 0.846. The van der Waals surface area contributed by atoms with E-state index in [4.69, 9.17) is 4.52 Å². The second kappa shape index (κ2) is 5.98. The van der Waals surface area contributed by atoms with Crippen molar-refractivity contribution < 1.29 is 9.63 Å². The van der Waals surface area contributed by atoms with Gasteiger partial charge >= 0.3 is 0 Å². The van der Waals surface area contributed by atoms with Crippen LogP contribution in [0.15, 0.2) is 4.52 Å². The van der Waals surface area contributed by atoms with Crippen LogP contribution in [0.5, 0.6) is 0 Å². The molecule has 0 radical (unpaired) electrons. The molecule has 1 aliphatic heterocycles. The monoisotopic (exact) mass is 268 g/mol. The minimum atomic E-state index is -0.249. The summed E-state index contributed by atoms with van der Waals surface area (Å²) in [6, 6.07) is 0.353. The lowest BCUT2D eigenvalue weighted by Gasteiger charge is -2.25. The van der Waals surface area contributed by atoms with E-state index >= 15 is 0 Å². The average Bonchev–Trinajstić information content (AvgIpc) is 2.86. The van der Waals surface area contributed by atoms with E-state index in [0.717, 1.165) is 13.0 Å². The Morgan fingerprint density at radius 1 is 1.47 bits per heavy atom. The molecule has 1 aromatic rings. The number of aliphatic hydroxyl groups is 1. The van der Waals surface area contributed by atoms with Gasteiger partial charge in [0, 0.05) is 25.0 Å². The molecule has 1 saturated heterocycles. The SMILES string of the molecule is CC(C)c1nc(CN2CC(O)CC2CN(C)C)no1. The fourth-order valence-corrected chi connectivity index (χ4v) is 2.51. The highest BCUT2D eigenvalue weighted by molar-refractivity contribution is 4.94. The third-order valence-corrected chi connectivity index (χ3v) is 3.40. The molecule has 0 aromatic carbocycles. The Kier molecular flexibility index (Phi) is 4.54. The van der Waals surface area contributed by atoms with Crippen molar-refractivity contribution in [3.8, 4) is 0 Å². The molecule has 2 unspecified atom stereocenters. The van der Waals surface area contributed by atoms with Gasteiger partial charge in [-0.2, -0.15) is 4.98 Å². The Labute approximate surface area is 114 Å². The van der Waals surface area contributed by atoms with Gasteiger partial charge in [-0.15, -0.1) is 0 Å². The van der Waals surface area contributed by atoms with Crippen LogP contribution in [-0.4, -0.2) is 64.4 Å². The lowest BCUT2D eigenvalue weighted by atomic mass is 10.2. The molecule has 0 saturated carbocycles. The summed E-state index contributed by atoms with van der Waals surface area (Å²) in [6.45, 7) is 6.33. The van der Waals surface area contributed by atoms with Crippen molar-refractivity contribution in [2.75, 3.05) is 27.2 Å². The van der Waals surface area contributed by atoms with Crippen LogP contribution in [0.2, 0.25) is 0 Å². The molecule has 0 aliphatic carbocycles. The van der Waals surface area contributed by atoms with Crippen molar-refractivity contribution in [3.63, 3.8) is 0 Å². The number of nitrogens with zero attached hydrogens (tertiary/aromatic N) is 4. The number of aliphatic hydroxyl groups excluding tert-OH is 1. The molecule has 0 bridgehead atoms. The van der Waals surface area contributed by atoms with E-state index in [-0.39, 0.29) is 12.0 Å². The van der Waals surface area contributed by atoms with Gasteiger partial charge in [-0.1, -0.05) is 19.0 Å². The largest absolute Gasteiger partial charge is 0.392 e. The van der Waals surface area contributed by atoms with Gasteiger partial charge in [0.15, 0.2) is 5.82 Å². The summed E-state index contributed by atoms with van der Waals surface area (Å²) >= 11 is 0. The normalized spacial score (nSPS) is 24.8. The van der Waals surface area contributed by atoms with Gasteiger partial charge in [0.1, 0.15) is 0 Å². The van der Waals surface area contributed by atoms with E-state index in [1.807, 2.05) is 27.9 Å². The Balaban J connectivity index is 1.99. The van der Waals surface area contributed by atoms with E-state index in [9.17, 15) is 5.11 Å². The zero-order chi connectivity index (χ0) is 14.0. The van der Waals surface area contributed by atoms with Crippen molar-refractivity contribution >= 4 is 0 Å². The summed E-state index contributed by atoms with van der Waals surface area (Å²) in [6.07, 6.45) is 0.564. The first-order valence-electron chi connectivity index (χ1n) is 6.85. The van der Waals surface area contributed by atoms with Crippen LogP contribution in [0.3, 0.4) is 0 Å². The maximum atomic E-state index is 9.83. The molecule has 2 heterocycles. The van der Waals surface area contributed by atoms with Crippen molar-refractivity contribution in [1.82, 2.24) is 19.9 Å². The highest BCUT2D eigenvalue weighted by Crippen LogP contribution is 2.21. The van der Waals surface area contributed by atoms with E-state index in [0.29, 0.717) is 30.8 Å². The van der Waals surface area contributed by atoms with Crippen LogP contribution in [0, 0.1) is 0 Å². The van der Waals surface area contributed by atoms with Crippen molar-refractivity contribution in [3.05, 3.63) is 11.7 Å².